The Hall–Kier alpha value is -3.35. The first-order valence-corrected chi connectivity index (χ1v) is 12.4. The summed E-state index contributed by atoms with van der Waals surface area (Å²) in [6.07, 6.45) is 3.58. The monoisotopic (exact) mass is 493 g/mol. The molecular weight excluding hydrogens is 454 g/mol. The van der Waals surface area contributed by atoms with Crippen molar-refractivity contribution >= 4 is 17.8 Å². The summed E-state index contributed by atoms with van der Waals surface area (Å²) in [5.74, 6) is 0.584. The Morgan fingerprint density at radius 2 is 1.72 bits per heavy atom. The zero-order valence-corrected chi connectivity index (χ0v) is 20.8. The Balaban J connectivity index is 0.00000361. The van der Waals surface area contributed by atoms with Crippen LogP contribution in [-0.4, -0.2) is 48.5 Å². The van der Waals surface area contributed by atoms with Crippen molar-refractivity contribution in [2.45, 2.75) is 70.9 Å². The molecule has 36 heavy (non-hydrogen) atoms. The number of nitrogens with one attached hydrogen (secondary N) is 2. The smallest absolute Gasteiger partial charge is 0.325 e. The van der Waals surface area contributed by atoms with E-state index in [4.69, 9.17) is 4.74 Å². The van der Waals surface area contributed by atoms with Gasteiger partial charge in [0.1, 0.15) is 11.8 Å². The van der Waals surface area contributed by atoms with E-state index in [2.05, 4.69) is 36.6 Å². The van der Waals surface area contributed by atoms with Crippen LogP contribution in [0, 0.1) is 5.92 Å². The van der Waals surface area contributed by atoms with E-state index in [-0.39, 0.29) is 36.7 Å². The van der Waals surface area contributed by atoms with Gasteiger partial charge in [-0.25, -0.2) is 4.79 Å². The van der Waals surface area contributed by atoms with E-state index >= 15 is 0 Å². The molecule has 2 aliphatic rings. The minimum absolute atomic E-state index is 0. The van der Waals surface area contributed by atoms with Gasteiger partial charge in [0.25, 0.3) is 11.8 Å². The van der Waals surface area contributed by atoms with E-state index in [1.54, 1.807) is 19.2 Å². The summed E-state index contributed by atoms with van der Waals surface area (Å²) in [4.78, 5) is 40.1. The van der Waals surface area contributed by atoms with Crippen LogP contribution in [0.4, 0.5) is 4.79 Å². The third-order valence-corrected chi connectivity index (χ3v) is 7.36. The molecule has 2 aromatic rings. The maximum absolute atomic E-state index is 13.0. The first kappa shape index (κ1) is 27.2. The molecule has 0 radical (unpaired) electrons. The number of carbonyl (C=O) groups excluding carboxylic acids is 3. The molecule has 2 N–H and O–H groups in total. The van der Waals surface area contributed by atoms with Crippen LogP contribution in [0.5, 0.6) is 5.75 Å². The molecule has 1 atom stereocenters. The highest BCUT2D eigenvalue weighted by Crippen LogP contribution is 2.41. The number of hydrogen-bond acceptors (Lipinski definition) is 4. The second kappa shape index (κ2) is 11.6. The maximum atomic E-state index is 13.0. The predicted molar refractivity (Wildman–Crippen MR) is 141 cm³/mol. The molecule has 4 rings (SSSR count). The van der Waals surface area contributed by atoms with Gasteiger partial charge < -0.3 is 15.4 Å². The average molecular weight is 494 g/mol. The number of rotatable bonds is 8. The minimum atomic E-state index is -0.427. The van der Waals surface area contributed by atoms with Gasteiger partial charge in [-0.2, -0.15) is 0 Å². The first-order chi connectivity index (χ1) is 16.8. The van der Waals surface area contributed by atoms with Crippen molar-refractivity contribution in [1.82, 2.24) is 15.5 Å². The number of amides is 4. The van der Waals surface area contributed by atoms with E-state index in [9.17, 15) is 14.4 Å². The number of ether oxygens (including phenoxy) is 1. The molecular formula is C29H39N3O4. The van der Waals surface area contributed by atoms with Gasteiger partial charge in [0.15, 0.2) is 0 Å². The van der Waals surface area contributed by atoms with Crippen LogP contribution in [0.15, 0.2) is 54.6 Å². The van der Waals surface area contributed by atoms with Crippen LogP contribution >= 0.6 is 0 Å². The highest BCUT2D eigenvalue weighted by molar-refractivity contribution is 6.04. The van der Waals surface area contributed by atoms with Crippen molar-refractivity contribution in [2.75, 3.05) is 13.7 Å². The van der Waals surface area contributed by atoms with E-state index < -0.39 is 6.04 Å². The lowest BCUT2D eigenvalue weighted by Crippen LogP contribution is -2.49. The summed E-state index contributed by atoms with van der Waals surface area (Å²) in [6.45, 7) is 4.57. The maximum Gasteiger partial charge on any atom is 0.325 e. The number of para-hydroxylation sites is 1. The molecule has 1 heterocycles. The van der Waals surface area contributed by atoms with Gasteiger partial charge in [-0.15, -0.1) is 0 Å². The molecule has 0 bridgehead atoms. The third-order valence-electron chi connectivity index (χ3n) is 7.36. The molecule has 7 heteroatoms. The molecule has 1 saturated heterocycles. The second-order valence-electron chi connectivity index (χ2n) is 10.1. The summed E-state index contributed by atoms with van der Waals surface area (Å²) < 4.78 is 5.36. The SMILES string of the molecule is C.COc1ccccc1C(=O)NCC1(c2ccccc2)CCC(N2C(=O)N[C@@H](CC(C)C)C2=O)CC1. The summed E-state index contributed by atoms with van der Waals surface area (Å²) in [5.41, 5.74) is 1.39. The van der Waals surface area contributed by atoms with Crippen molar-refractivity contribution in [3.8, 4) is 5.75 Å². The van der Waals surface area contributed by atoms with Crippen molar-refractivity contribution in [2.24, 2.45) is 5.92 Å². The van der Waals surface area contributed by atoms with Gasteiger partial charge in [0.05, 0.1) is 12.7 Å². The summed E-state index contributed by atoms with van der Waals surface area (Å²) >= 11 is 0. The van der Waals surface area contributed by atoms with Crippen LogP contribution in [0.2, 0.25) is 0 Å². The zero-order valence-electron chi connectivity index (χ0n) is 20.8. The van der Waals surface area contributed by atoms with E-state index in [1.807, 2.05) is 30.3 Å². The number of benzene rings is 2. The lowest BCUT2D eigenvalue weighted by atomic mass is 9.67. The average Bonchev–Trinajstić information content (AvgIpc) is 3.15. The lowest BCUT2D eigenvalue weighted by molar-refractivity contribution is -0.130. The summed E-state index contributed by atoms with van der Waals surface area (Å²) in [6, 6.07) is 16.6. The van der Waals surface area contributed by atoms with Crippen molar-refractivity contribution in [1.29, 1.82) is 0 Å². The van der Waals surface area contributed by atoms with E-state index in [1.165, 1.54) is 4.90 Å². The van der Waals surface area contributed by atoms with Gasteiger partial charge in [-0.05, 0) is 55.7 Å². The van der Waals surface area contributed by atoms with Gasteiger partial charge in [0, 0.05) is 18.0 Å². The second-order valence-corrected chi connectivity index (χ2v) is 10.1. The molecule has 4 amide bonds. The largest absolute Gasteiger partial charge is 0.496 e. The van der Waals surface area contributed by atoms with E-state index in [0.29, 0.717) is 43.0 Å². The zero-order chi connectivity index (χ0) is 25.0. The molecule has 7 nitrogen and oxygen atoms in total. The molecule has 2 fully saturated rings. The highest BCUT2D eigenvalue weighted by atomic mass is 16.5. The Bertz CT molecular complexity index is 1060. The van der Waals surface area contributed by atoms with Crippen LogP contribution in [0.3, 0.4) is 0 Å². The molecule has 0 aromatic heterocycles. The number of carbonyl (C=O) groups is 3. The standard InChI is InChI=1S/C28H35N3O4.CH4/c1-19(2)17-23-26(33)31(27(34)30-23)21-13-15-28(16-14-21,20-9-5-4-6-10-20)18-29-25(32)22-11-7-8-12-24(22)35-3;/h4-12,19,21,23H,13-18H2,1-3H3,(H,29,32)(H,30,34);1H4/t21?,23-,28?;/m0./s1. The first-order valence-electron chi connectivity index (χ1n) is 12.4. The summed E-state index contributed by atoms with van der Waals surface area (Å²) in [5, 5.41) is 6.01. The molecule has 2 aromatic carbocycles. The fourth-order valence-corrected chi connectivity index (χ4v) is 5.47. The molecule has 0 unspecified atom stereocenters. The quantitative estimate of drug-likeness (QED) is 0.512. The number of nitrogens with zero attached hydrogens (tertiary/aromatic N) is 1. The third kappa shape index (κ3) is 5.55. The lowest BCUT2D eigenvalue weighted by Gasteiger charge is -2.42. The van der Waals surface area contributed by atoms with Gasteiger partial charge >= 0.3 is 6.03 Å². The Kier molecular flexibility index (Phi) is 8.77. The number of methoxy groups -OCH3 is 1. The van der Waals surface area contributed by atoms with Gasteiger partial charge in [-0.1, -0.05) is 63.7 Å². The van der Waals surface area contributed by atoms with E-state index in [0.717, 1.165) is 18.4 Å². The topological polar surface area (TPSA) is 87.7 Å². The van der Waals surface area contributed by atoms with Crippen molar-refractivity contribution in [3.05, 3.63) is 65.7 Å². The molecule has 1 aliphatic heterocycles. The Morgan fingerprint density at radius 3 is 2.36 bits per heavy atom. The van der Waals surface area contributed by atoms with Crippen molar-refractivity contribution < 1.29 is 19.1 Å². The molecule has 194 valence electrons. The molecule has 0 spiro atoms. The number of hydrogen-bond donors (Lipinski definition) is 2. The van der Waals surface area contributed by atoms with Gasteiger partial charge in [-0.3, -0.25) is 14.5 Å². The Labute approximate surface area is 214 Å². The fraction of sp³-hybridized carbons (Fsp3) is 0.483. The van der Waals surface area contributed by atoms with Crippen LogP contribution < -0.4 is 15.4 Å². The van der Waals surface area contributed by atoms with Crippen molar-refractivity contribution in [3.63, 3.8) is 0 Å². The normalized spacial score (nSPS) is 23.7. The highest BCUT2D eigenvalue weighted by Gasteiger charge is 2.46. The predicted octanol–water partition coefficient (Wildman–Crippen LogP) is 4.91. The van der Waals surface area contributed by atoms with Gasteiger partial charge in [0.2, 0.25) is 0 Å². The minimum Gasteiger partial charge on any atom is -0.496 e. The van der Waals surface area contributed by atoms with Crippen LogP contribution in [-0.2, 0) is 10.2 Å². The Morgan fingerprint density at radius 1 is 1.08 bits per heavy atom. The fourth-order valence-electron chi connectivity index (χ4n) is 5.47. The number of urea groups is 1. The molecule has 1 saturated carbocycles. The van der Waals surface area contributed by atoms with Crippen LogP contribution in [0.1, 0.15) is 69.3 Å². The van der Waals surface area contributed by atoms with Crippen LogP contribution in [0.25, 0.3) is 0 Å². The molecule has 1 aliphatic carbocycles. The summed E-state index contributed by atoms with van der Waals surface area (Å²) in [7, 11) is 1.56. The number of imide groups is 1.